The van der Waals surface area contributed by atoms with Gasteiger partial charge < -0.3 is 20.7 Å². The number of anilines is 1. The number of para-hydroxylation sites is 2. The van der Waals surface area contributed by atoms with Gasteiger partial charge in [0.25, 0.3) is 11.8 Å². The van der Waals surface area contributed by atoms with E-state index in [1.54, 1.807) is 24.3 Å². The number of carboxylic acid groups (broad SMARTS) is 1. The number of aromatic amines is 1. The second-order valence-corrected chi connectivity index (χ2v) is 5.54. The third kappa shape index (κ3) is 4.04. The van der Waals surface area contributed by atoms with Gasteiger partial charge in [0.1, 0.15) is 0 Å². The number of hydrogen-bond acceptors (Lipinski definition) is 4. The van der Waals surface area contributed by atoms with Gasteiger partial charge >= 0.3 is 5.97 Å². The Bertz CT molecular complexity index is 947. The third-order valence-corrected chi connectivity index (χ3v) is 3.61. The highest BCUT2D eigenvalue weighted by Crippen LogP contribution is 2.14. The van der Waals surface area contributed by atoms with E-state index in [1.807, 2.05) is 18.2 Å². The van der Waals surface area contributed by atoms with E-state index in [0.29, 0.717) is 16.8 Å². The quantitative estimate of drug-likeness (QED) is 0.540. The number of imidazole rings is 1. The molecule has 0 saturated heterocycles. The van der Waals surface area contributed by atoms with Gasteiger partial charge in [0.15, 0.2) is 5.82 Å². The molecule has 3 rings (SSSR count). The lowest BCUT2D eigenvalue weighted by atomic mass is 10.2. The van der Waals surface area contributed by atoms with Crippen LogP contribution in [0.4, 0.5) is 5.69 Å². The maximum absolute atomic E-state index is 12.3. The molecule has 2 amide bonds. The van der Waals surface area contributed by atoms with Crippen molar-refractivity contribution in [3.05, 3.63) is 59.9 Å². The topological polar surface area (TPSA) is 124 Å². The first kappa shape index (κ1) is 17.2. The normalized spacial score (nSPS) is 10.5. The first-order valence-corrected chi connectivity index (χ1v) is 7.89. The molecule has 0 unspecified atom stereocenters. The van der Waals surface area contributed by atoms with E-state index in [4.69, 9.17) is 5.11 Å². The molecule has 1 aromatic heterocycles. The van der Waals surface area contributed by atoms with E-state index in [2.05, 4.69) is 20.6 Å². The van der Waals surface area contributed by atoms with Crippen LogP contribution in [0.1, 0.15) is 27.4 Å². The third-order valence-electron chi connectivity index (χ3n) is 3.61. The maximum atomic E-state index is 12.3. The average molecular weight is 352 g/mol. The van der Waals surface area contributed by atoms with Crippen molar-refractivity contribution in [2.75, 3.05) is 11.9 Å². The molecule has 1 heterocycles. The van der Waals surface area contributed by atoms with Crippen molar-refractivity contribution >= 4 is 34.5 Å². The molecule has 3 aromatic rings. The average Bonchev–Trinajstić information content (AvgIpc) is 3.06. The van der Waals surface area contributed by atoms with Gasteiger partial charge in [0.05, 0.1) is 17.5 Å². The lowest BCUT2D eigenvalue weighted by molar-refractivity contribution is -0.136. The molecule has 0 radical (unpaired) electrons. The number of carboxylic acids is 1. The Morgan fingerprint density at radius 1 is 1.04 bits per heavy atom. The molecule has 0 saturated carbocycles. The smallest absolute Gasteiger partial charge is 0.305 e. The predicted molar refractivity (Wildman–Crippen MR) is 95.1 cm³/mol. The zero-order valence-corrected chi connectivity index (χ0v) is 13.7. The number of H-pyrrole nitrogens is 1. The first-order chi connectivity index (χ1) is 12.5. The number of hydrogen-bond donors (Lipinski definition) is 4. The predicted octanol–water partition coefficient (Wildman–Crippen LogP) is 2.02. The highest BCUT2D eigenvalue weighted by molar-refractivity contribution is 6.04. The molecule has 0 fully saturated rings. The molecule has 0 spiro atoms. The summed E-state index contributed by atoms with van der Waals surface area (Å²) in [5, 5.41) is 13.8. The van der Waals surface area contributed by atoms with Crippen LogP contribution in [-0.4, -0.2) is 39.4 Å². The number of nitrogens with zero attached hydrogens (tertiary/aromatic N) is 1. The minimum absolute atomic E-state index is 0.0315. The van der Waals surface area contributed by atoms with E-state index in [0.717, 1.165) is 5.52 Å². The van der Waals surface area contributed by atoms with Crippen LogP contribution in [0.3, 0.4) is 0 Å². The van der Waals surface area contributed by atoms with Crippen LogP contribution < -0.4 is 10.6 Å². The summed E-state index contributed by atoms with van der Waals surface area (Å²) >= 11 is 0. The largest absolute Gasteiger partial charge is 0.481 e. The van der Waals surface area contributed by atoms with E-state index >= 15 is 0 Å². The molecule has 0 aliphatic heterocycles. The van der Waals surface area contributed by atoms with Crippen molar-refractivity contribution in [1.29, 1.82) is 0 Å². The summed E-state index contributed by atoms with van der Waals surface area (Å²) in [5.41, 5.74) is 2.19. The van der Waals surface area contributed by atoms with Crippen LogP contribution in [-0.2, 0) is 4.79 Å². The molecule has 0 aliphatic carbocycles. The van der Waals surface area contributed by atoms with Crippen LogP contribution in [0.15, 0.2) is 48.5 Å². The monoisotopic (exact) mass is 352 g/mol. The van der Waals surface area contributed by atoms with Gasteiger partial charge in [-0.1, -0.05) is 18.2 Å². The first-order valence-electron chi connectivity index (χ1n) is 7.89. The molecule has 0 bridgehead atoms. The van der Waals surface area contributed by atoms with Crippen LogP contribution in [0.25, 0.3) is 11.0 Å². The van der Waals surface area contributed by atoms with Crippen LogP contribution in [0, 0.1) is 0 Å². The lowest BCUT2D eigenvalue weighted by Gasteiger charge is -2.07. The fourth-order valence-electron chi connectivity index (χ4n) is 2.37. The summed E-state index contributed by atoms with van der Waals surface area (Å²) < 4.78 is 0. The Balaban J connectivity index is 1.68. The van der Waals surface area contributed by atoms with Gasteiger partial charge in [-0.15, -0.1) is 0 Å². The van der Waals surface area contributed by atoms with E-state index in [1.165, 1.54) is 6.07 Å². The van der Waals surface area contributed by atoms with Gasteiger partial charge in [-0.05, 0) is 30.3 Å². The van der Waals surface area contributed by atoms with E-state index in [9.17, 15) is 14.4 Å². The SMILES string of the molecule is O=C(O)CCNC(=O)c1cccc(NC(=O)c2nc3ccccc3[nH]2)c1. The Kier molecular flexibility index (Phi) is 4.93. The van der Waals surface area contributed by atoms with Crippen molar-refractivity contribution in [1.82, 2.24) is 15.3 Å². The minimum atomic E-state index is -0.989. The minimum Gasteiger partial charge on any atom is -0.481 e. The standard InChI is InChI=1S/C18H16N4O4/c23-15(24)8-9-19-17(25)11-4-3-5-12(10-11)20-18(26)16-21-13-6-1-2-7-14(13)22-16/h1-7,10H,8-9H2,(H,19,25)(H,20,26)(H,21,22)(H,23,24). The Hall–Kier alpha value is -3.68. The van der Waals surface area contributed by atoms with Crippen LogP contribution in [0.2, 0.25) is 0 Å². The zero-order chi connectivity index (χ0) is 18.5. The molecule has 4 N–H and O–H groups in total. The van der Waals surface area contributed by atoms with E-state index < -0.39 is 17.8 Å². The Morgan fingerprint density at radius 2 is 1.85 bits per heavy atom. The second kappa shape index (κ2) is 7.47. The molecule has 132 valence electrons. The number of aliphatic carboxylic acids is 1. The van der Waals surface area contributed by atoms with Crippen molar-refractivity contribution < 1.29 is 19.5 Å². The highest BCUT2D eigenvalue weighted by Gasteiger charge is 2.13. The van der Waals surface area contributed by atoms with Gasteiger partial charge in [-0.3, -0.25) is 14.4 Å². The summed E-state index contributed by atoms with van der Waals surface area (Å²) in [4.78, 5) is 42.0. The number of amides is 2. The molecular formula is C18H16N4O4. The number of carbonyl (C=O) groups excluding carboxylic acids is 2. The molecule has 2 aromatic carbocycles. The summed E-state index contributed by atoms with van der Waals surface area (Å²) in [5.74, 6) is -1.66. The van der Waals surface area contributed by atoms with Crippen LogP contribution in [0.5, 0.6) is 0 Å². The maximum Gasteiger partial charge on any atom is 0.305 e. The Morgan fingerprint density at radius 3 is 2.62 bits per heavy atom. The number of fused-ring (bicyclic) bond motifs is 1. The van der Waals surface area contributed by atoms with Gasteiger partial charge in [-0.25, -0.2) is 4.98 Å². The van der Waals surface area contributed by atoms with Crippen molar-refractivity contribution in [3.63, 3.8) is 0 Å². The summed E-state index contributed by atoms with van der Waals surface area (Å²) in [6, 6.07) is 13.6. The molecule has 8 nitrogen and oxygen atoms in total. The summed E-state index contributed by atoms with van der Waals surface area (Å²) in [6.45, 7) is 0.0315. The summed E-state index contributed by atoms with van der Waals surface area (Å²) in [7, 11) is 0. The number of rotatable bonds is 6. The van der Waals surface area contributed by atoms with Gasteiger partial charge in [-0.2, -0.15) is 0 Å². The van der Waals surface area contributed by atoms with Crippen molar-refractivity contribution in [2.24, 2.45) is 0 Å². The number of benzene rings is 2. The number of carbonyl (C=O) groups is 3. The molecular weight excluding hydrogens is 336 g/mol. The van der Waals surface area contributed by atoms with Gasteiger partial charge in [0.2, 0.25) is 0 Å². The van der Waals surface area contributed by atoms with Gasteiger partial charge in [0, 0.05) is 17.8 Å². The molecule has 8 heteroatoms. The highest BCUT2D eigenvalue weighted by atomic mass is 16.4. The zero-order valence-electron chi connectivity index (χ0n) is 13.7. The fourth-order valence-corrected chi connectivity index (χ4v) is 2.37. The number of aromatic nitrogens is 2. The Labute approximate surface area is 148 Å². The molecule has 0 atom stereocenters. The van der Waals surface area contributed by atoms with E-state index in [-0.39, 0.29) is 18.8 Å². The number of nitrogens with one attached hydrogen (secondary N) is 3. The summed E-state index contributed by atoms with van der Waals surface area (Å²) in [6.07, 6.45) is -0.159. The molecule has 0 aliphatic rings. The fraction of sp³-hybridized carbons (Fsp3) is 0.111. The second-order valence-electron chi connectivity index (χ2n) is 5.54. The molecule has 26 heavy (non-hydrogen) atoms. The van der Waals surface area contributed by atoms with Crippen LogP contribution >= 0.6 is 0 Å². The van der Waals surface area contributed by atoms with Crippen molar-refractivity contribution in [3.8, 4) is 0 Å². The lowest BCUT2D eigenvalue weighted by Crippen LogP contribution is -2.26. The van der Waals surface area contributed by atoms with Crippen molar-refractivity contribution in [2.45, 2.75) is 6.42 Å².